The lowest BCUT2D eigenvalue weighted by Gasteiger charge is -2.30. The third-order valence-corrected chi connectivity index (χ3v) is 4.31. The maximum absolute atomic E-state index is 9.52. The van der Waals surface area contributed by atoms with Gasteiger partial charge < -0.3 is 5.11 Å². The Bertz CT molecular complexity index is 390. The number of rotatable bonds is 3. The molecule has 2 rings (SSSR count). The summed E-state index contributed by atoms with van der Waals surface area (Å²) in [5.74, 6) is 0. The van der Waals surface area contributed by atoms with Gasteiger partial charge in [-0.2, -0.15) is 0 Å². The minimum absolute atomic E-state index is 0.244. The van der Waals surface area contributed by atoms with E-state index in [4.69, 9.17) is 0 Å². The van der Waals surface area contributed by atoms with Gasteiger partial charge in [-0.1, -0.05) is 29.8 Å². The standard InChI is InChI=1S/C16H26N2O/c1-13-4-6-15(7-5-13)10-18-11-16(12-19)17(3)9-8-14(18)2/h4-7,14,16,19H,8-12H2,1-3H3. The van der Waals surface area contributed by atoms with Gasteiger partial charge >= 0.3 is 0 Å². The van der Waals surface area contributed by atoms with Crippen molar-refractivity contribution in [3.8, 4) is 0 Å². The molecule has 0 aliphatic carbocycles. The van der Waals surface area contributed by atoms with Crippen LogP contribution >= 0.6 is 0 Å². The highest BCUT2D eigenvalue weighted by molar-refractivity contribution is 5.21. The second-order valence-corrected chi connectivity index (χ2v) is 5.87. The summed E-state index contributed by atoms with van der Waals surface area (Å²) < 4.78 is 0. The van der Waals surface area contributed by atoms with Gasteiger partial charge in [0.05, 0.1) is 6.61 Å². The molecule has 1 aromatic carbocycles. The van der Waals surface area contributed by atoms with E-state index in [9.17, 15) is 5.11 Å². The highest BCUT2D eigenvalue weighted by Crippen LogP contribution is 2.17. The van der Waals surface area contributed by atoms with Crippen LogP contribution < -0.4 is 0 Å². The molecule has 1 heterocycles. The predicted octanol–water partition coefficient (Wildman–Crippen LogP) is 1.88. The number of hydrogen-bond donors (Lipinski definition) is 1. The Morgan fingerprint density at radius 2 is 1.95 bits per heavy atom. The van der Waals surface area contributed by atoms with Crippen molar-refractivity contribution in [2.24, 2.45) is 0 Å². The van der Waals surface area contributed by atoms with Crippen molar-refractivity contribution in [2.75, 3.05) is 26.7 Å². The van der Waals surface area contributed by atoms with Gasteiger partial charge in [0, 0.05) is 25.2 Å². The van der Waals surface area contributed by atoms with Crippen LogP contribution in [0.5, 0.6) is 0 Å². The number of aliphatic hydroxyl groups is 1. The molecule has 0 spiro atoms. The highest BCUT2D eigenvalue weighted by Gasteiger charge is 2.25. The largest absolute Gasteiger partial charge is 0.395 e. The average Bonchev–Trinajstić information content (AvgIpc) is 2.54. The number of aryl methyl sites for hydroxylation is 1. The van der Waals surface area contributed by atoms with Gasteiger partial charge in [-0.3, -0.25) is 9.80 Å². The Labute approximate surface area is 116 Å². The molecule has 1 aromatic rings. The summed E-state index contributed by atoms with van der Waals surface area (Å²) in [6.07, 6.45) is 1.17. The van der Waals surface area contributed by atoms with Crippen LogP contribution in [0.3, 0.4) is 0 Å². The number of nitrogens with zero attached hydrogens (tertiary/aromatic N) is 2. The van der Waals surface area contributed by atoms with Crippen molar-refractivity contribution in [1.82, 2.24) is 9.80 Å². The fraction of sp³-hybridized carbons (Fsp3) is 0.625. The van der Waals surface area contributed by atoms with E-state index >= 15 is 0 Å². The SMILES string of the molecule is Cc1ccc(CN2CC(CO)N(C)CCC2C)cc1. The van der Waals surface area contributed by atoms with Crippen LogP contribution in [-0.4, -0.2) is 53.7 Å². The smallest absolute Gasteiger partial charge is 0.0599 e. The molecule has 0 saturated carbocycles. The van der Waals surface area contributed by atoms with Gasteiger partial charge in [-0.15, -0.1) is 0 Å². The molecule has 2 unspecified atom stereocenters. The van der Waals surface area contributed by atoms with E-state index < -0.39 is 0 Å². The molecule has 106 valence electrons. The molecule has 1 aliphatic rings. The van der Waals surface area contributed by atoms with Crippen LogP contribution in [0.15, 0.2) is 24.3 Å². The van der Waals surface area contributed by atoms with Crippen molar-refractivity contribution in [3.05, 3.63) is 35.4 Å². The Morgan fingerprint density at radius 3 is 2.58 bits per heavy atom. The molecule has 1 N–H and O–H groups in total. The molecule has 2 atom stereocenters. The summed E-state index contributed by atoms with van der Waals surface area (Å²) in [6, 6.07) is 9.60. The third kappa shape index (κ3) is 3.78. The van der Waals surface area contributed by atoms with Gasteiger partial charge in [-0.05, 0) is 39.4 Å². The predicted molar refractivity (Wildman–Crippen MR) is 79.2 cm³/mol. The van der Waals surface area contributed by atoms with Crippen molar-refractivity contribution in [2.45, 2.75) is 38.9 Å². The molecule has 19 heavy (non-hydrogen) atoms. The fourth-order valence-corrected chi connectivity index (χ4v) is 2.69. The van der Waals surface area contributed by atoms with Crippen LogP contribution in [-0.2, 0) is 6.54 Å². The first-order chi connectivity index (χ1) is 9.10. The molecule has 0 aromatic heterocycles. The van der Waals surface area contributed by atoms with E-state index in [-0.39, 0.29) is 12.6 Å². The lowest BCUT2D eigenvalue weighted by molar-refractivity contribution is 0.120. The zero-order chi connectivity index (χ0) is 13.8. The molecule has 1 aliphatic heterocycles. The van der Waals surface area contributed by atoms with Gasteiger partial charge in [0.15, 0.2) is 0 Å². The molecule has 3 nitrogen and oxygen atoms in total. The van der Waals surface area contributed by atoms with Crippen molar-refractivity contribution in [1.29, 1.82) is 0 Å². The van der Waals surface area contributed by atoms with Crippen LogP contribution in [0, 0.1) is 6.92 Å². The molecule has 0 radical (unpaired) electrons. The fourth-order valence-electron chi connectivity index (χ4n) is 2.69. The maximum Gasteiger partial charge on any atom is 0.0599 e. The number of aliphatic hydroxyl groups excluding tert-OH is 1. The van der Waals surface area contributed by atoms with Crippen LogP contribution in [0.1, 0.15) is 24.5 Å². The summed E-state index contributed by atoms with van der Waals surface area (Å²) >= 11 is 0. The van der Waals surface area contributed by atoms with E-state index in [1.807, 2.05) is 0 Å². The first-order valence-corrected chi connectivity index (χ1v) is 7.21. The lowest BCUT2D eigenvalue weighted by Crippen LogP contribution is -2.42. The molecule has 3 heteroatoms. The molecule has 1 fully saturated rings. The second-order valence-electron chi connectivity index (χ2n) is 5.87. The Morgan fingerprint density at radius 1 is 1.26 bits per heavy atom. The van der Waals surface area contributed by atoms with E-state index in [1.54, 1.807) is 0 Å². The van der Waals surface area contributed by atoms with Gasteiger partial charge in [-0.25, -0.2) is 0 Å². The minimum atomic E-state index is 0.244. The minimum Gasteiger partial charge on any atom is -0.395 e. The first-order valence-electron chi connectivity index (χ1n) is 7.21. The number of hydrogen-bond acceptors (Lipinski definition) is 3. The summed E-state index contributed by atoms with van der Waals surface area (Å²) in [4.78, 5) is 4.78. The molecule has 0 bridgehead atoms. The van der Waals surface area contributed by atoms with Gasteiger partial charge in [0.2, 0.25) is 0 Å². The summed E-state index contributed by atoms with van der Waals surface area (Å²) in [5.41, 5.74) is 2.67. The maximum atomic E-state index is 9.52. The molecule has 1 saturated heterocycles. The van der Waals surface area contributed by atoms with E-state index in [2.05, 4.69) is 55.0 Å². The highest BCUT2D eigenvalue weighted by atomic mass is 16.3. The van der Waals surface area contributed by atoms with E-state index in [0.29, 0.717) is 6.04 Å². The zero-order valence-corrected chi connectivity index (χ0v) is 12.3. The summed E-state index contributed by atoms with van der Waals surface area (Å²) in [5, 5.41) is 9.52. The van der Waals surface area contributed by atoms with Crippen molar-refractivity contribution in [3.63, 3.8) is 0 Å². The quantitative estimate of drug-likeness (QED) is 0.901. The van der Waals surface area contributed by atoms with Crippen molar-refractivity contribution < 1.29 is 5.11 Å². The third-order valence-electron chi connectivity index (χ3n) is 4.31. The molecule has 0 amide bonds. The number of likely N-dealkylation sites (N-methyl/N-ethyl adjacent to an activating group) is 1. The average molecular weight is 262 g/mol. The molecular formula is C16H26N2O. The van der Waals surface area contributed by atoms with Crippen LogP contribution in [0.25, 0.3) is 0 Å². The van der Waals surface area contributed by atoms with Crippen LogP contribution in [0.2, 0.25) is 0 Å². The first kappa shape index (κ1) is 14.5. The second kappa shape index (κ2) is 6.51. The van der Waals surface area contributed by atoms with E-state index in [1.165, 1.54) is 17.5 Å². The topological polar surface area (TPSA) is 26.7 Å². The zero-order valence-electron chi connectivity index (χ0n) is 12.3. The normalized spacial score (nSPS) is 26.3. The molecular weight excluding hydrogens is 236 g/mol. The Hall–Kier alpha value is -0.900. The number of benzene rings is 1. The van der Waals surface area contributed by atoms with Gasteiger partial charge in [0.25, 0.3) is 0 Å². The summed E-state index contributed by atoms with van der Waals surface area (Å²) in [6.45, 7) is 7.65. The van der Waals surface area contributed by atoms with Crippen molar-refractivity contribution >= 4 is 0 Å². The lowest BCUT2D eigenvalue weighted by atomic mass is 10.1. The monoisotopic (exact) mass is 262 g/mol. The van der Waals surface area contributed by atoms with Crippen LogP contribution in [0.4, 0.5) is 0 Å². The Balaban J connectivity index is 2.06. The Kier molecular flexibility index (Phi) is 4.97. The van der Waals surface area contributed by atoms with E-state index in [0.717, 1.165) is 19.6 Å². The summed E-state index contributed by atoms with van der Waals surface area (Å²) in [7, 11) is 2.11. The van der Waals surface area contributed by atoms with Gasteiger partial charge in [0.1, 0.15) is 0 Å².